The molecule has 0 bridgehead atoms. The van der Waals surface area contributed by atoms with Crippen LogP contribution in [0.5, 0.6) is 5.75 Å². The number of halogens is 1. The molecule has 102 valence electrons. The molecule has 6 heteroatoms. The number of benzene rings is 1. The Morgan fingerprint density at radius 2 is 2.21 bits per heavy atom. The number of nitrogens with zero attached hydrogens (tertiary/aromatic N) is 2. The van der Waals surface area contributed by atoms with Crippen LogP contribution in [0.15, 0.2) is 22.7 Å². The van der Waals surface area contributed by atoms with Gasteiger partial charge in [0.1, 0.15) is 17.2 Å². The summed E-state index contributed by atoms with van der Waals surface area (Å²) in [4.78, 5) is 4.17. The number of aromatic nitrogens is 2. The van der Waals surface area contributed by atoms with E-state index >= 15 is 0 Å². The highest BCUT2D eigenvalue weighted by molar-refractivity contribution is 5.61. The summed E-state index contributed by atoms with van der Waals surface area (Å²) >= 11 is 0. The van der Waals surface area contributed by atoms with Crippen molar-refractivity contribution in [2.45, 2.75) is 25.9 Å². The minimum Gasteiger partial charge on any atom is -0.507 e. The maximum Gasteiger partial charge on any atom is 0.261 e. The number of hydrogen-bond acceptors (Lipinski definition) is 5. The first kappa shape index (κ1) is 13.5. The number of phenolic OH excluding ortho intramolecular Hbond substituents is 1. The minimum absolute atomic E-state index is 0.0590. The van der Waals surface area contributed by atoms with Crippen LogP contribution in [0.2, 0.25) is 0 Å². The molecule has 1 aromatic heterocycles. The quantitative estimate of drug-likeness (QED) is 0.921. The fraction of sp³-hybridized carbons (Fsp3) is 0.385. The molecule has 0 aliphatic heterocycles. The van der Waals surface area contributed by atoms with Crippen molar-refractivity contribution < 1.29 is 18.8 Å². The highest BCUT2D eigenvalue weighted by Gasteiger charge is 2.30. The van der Waals surface area contributed by atoms with Gasteiger partial charge in [0.15, 0.2) is 0 Å². The van der Waals surface area contributed by atoms with Crippen LogP contribution in [0.4, 0.5) is 4.39 Å². The molecule has 0 saturated heterocycles. The van der Waals surface area contributed by atoms with Crippen LogP contribution in [-0.2, 0) is 10.3 Å². The Labute approximate surface area is 110 Å². The highest BCUT2D eigenvalue weighted by atomic mass is 19.1. The molecule has 5 nitrogen and oxygen atoms in total. The van der Waals surface area contributed by atoms with Gasteiger partial charge in [-0.1, -0.05) is 12.1 Å². The van der Waals surface area contributed by atoms with Crippen molar-refractivity contribution in [3.8, 4) is 17.2 Å². The zero-order valence-corrected chi connectivity index (χ0v) is 11.0. The van der Waals surface area contributed by atoms with Gasteiger partial charge in [0.25, 0.3) is 5.89 Å². The van der Waals surface area contributed by atoms with E-state index in [0.29, 0.717) is 12.2 Å². The first-order valence-corrected chi connectivity index (χ1v) is 5.88. The average Bonchev–Trinajstić information content (AvgIpc) is 2.90. The van der Waals surface area contributed by atoms with Crippen molar-refractivity contribution >= 4 is 0 Å². The summed E-state index contributed by atoms with van der Waals surface area (Å²) in [5.41, 5.74) is -0.515. The summed E-state index contributed by atoms with van der Waals surface area (Å²) in [5, 5.41) is 13.5. The molecule has 0 saturated carbocycles. The zero-order chi connectivity index (χ0) is 14.0. The summed E-state index contributed by atoms with van der Waals surface area (Å²) < 4.78 is 23.6. The van der Waals surface area contributed by atoms with Gasteiger partial charge >= 0.3 is 0 Å². The Hall–Kier alpha value is -1.95. The normalized spacial score (nSPS) is 14.3. The van der Waals surface area contributed by atoms with E-state index in [1.807, 2.05) is 13.8 Å². The van der Waals surface area contributed by atoms with Crippen LogP contribution in [0, 0.1) is 5.82 Å². The van der Waals surface area contributed by atoms with E-state index in [-0.39, 0.29) is 17.2 Å². The lowest BCUT2D eigenvalue weighted by molar-refractivity contribution is -0.0106. The molecule has 1 aromatic carbocycles. The van der Waals surface area contributed by atoms with Crippen molar-refractivity contribution in [1.82, 2.24) is 10.1 Å². The molecule has 0 amide bonds. The van der Waals surface area contributed by atoms with E-state index in [1.54, 1.807) is 7.11 Å². The number of rotatable bonds is 4. The topological polar surface area (TPSA) is 68.4 Å². The molecule has 0 radical (unpaired) electrons. The summed E-state index contributed by atoms with van der Waals surface area (Å²) in [6.07, 6.45) is 0.650. The van der Waals surface area contributed by atoms with E-state index in [1.165, 1.54) is 6.07 Å². The lowest BCUT2D eigenvalue weighted by Crippen LogP contribution is -2.24. The first-order valence-electron chi connectivity index (χ1n) is 5.88. The number of ether oxygens (including phenoxy) is 1. The second-order valence-corrected chi connectivity index (χ2v) is 4.37. The van der Waals surface area contributed by atoms with Gasteiger partial charge in [0.2, 0.25) is 5.82 Å². The third kappa shape index (κ3) is 2.44. The molecule has 1 unspecified atom stereocenters. The Balaban J connectivity index is 2.44. The molecule has 0 aliphatic carbocycles. The molecular weight excluding hydrogens is 251 g/mol. The van der Waals surface area contributed by atoms with Gasteiger partial charge in [-0.15, -0.1) is 0 Å². The third-order valence-electron chi connectivity index (χ3n) is 3.21. The second-order valence-electron chi connectivity index (χ2n) is 4.37. The summed E-state index contributed by atoms with van der Waals surface area (Å²) in [7, 11) is 1.55. The monoisotopic (exact) mass is 266 g/mol. The Kier molecular flexibility index (Phi) is 3.53. The molecule has 19 heavy (non-hydrogen) atoms. The predicted octanol–water partition coefficient (Wildman–Crippen LogP) is 2.85. The average molecular weight is 266 g/mol. The maximum absolute atomic E-state index is 13.2. The number of methoxy groups -OCH3 is 1. The number of aromatic hydroxyl groups is 1. The number of phenols is 1. The van der Waals surface area contributed by atoms with Gasteiger partial charge in [-0.2, -0.15) is 4.98 Å². The molecule has 1 N–H and O–H groups in total. The van der Waals surface area contributed by atoms with Crippen molar-refractivity contribution in [2.24, 2.45) is 0 Å². The predicted molar refractivity (Wildman–Crippen MR) is 66.0 cm³/mol. The molecule has 1 heterocycles. The maximum atomic E-state index is 13.2. The molecular formula is C13H15FN2O3. The summed E-state index contributed by atoms with van der Waals surface area (Å²) in [6, 6.07) is 3.54. The summed E-state index contributed by atoms with van der Waals surface area (Å²) in [6.45, 7) is 3.76. The molecule has 2 rings (SSSR count). The van der Waals surface area contributed by atoms with Gasteiger partial charge in [-0.3, -0.25) is 0 Å². The minimum atomic E-state index is -0.676. The lowest BCUT2D eigenvalue weighted by Gasteiger charge is -2.21. The van der Waals surface area contributed by atoms with Crippen LogP contribution < -0.4 is 0 Å². The molecule has 2 aromatic rings. The van der Waals surface area contributed by atoms with E-state index in [2.05, 4.69) is 10.1 Å². The van der Waals surface area contributed by atoms with Crippen LogP contribution in [0.1, 0.15) is 26.1 Å². The fourth-order valence-corrected chi connectivity index (χ4v) is 1.62. The molecule has 0 aliphatic rings. The lowest BCUT2D eigenvalue weighted by atomic mass is 10.0. The van der Waals surface area contributed by atoms with Crippen LogP contribution in [0.3, 0.4) is 0 Å². The Morgan fingerprint density at radius 3 is 2.84 bits per heavy atom. The third-order valence-corrected chi connectivity index (χ3v) is 3.21. The van der Waals surface area contributed by atoms with Gasteiger partial charge < -0.3 is 14.4 Å². The van der Waals surface area contributed by atoms with Crippen molar-refractivity contribution in [1.29, 1.82) is 0 Å². The summed E-state index contributed by atoms with van der Waals surface area (Å²) in [5.74, 6) is -0.190. The standard InChI is InChI=1S/C13H15FN2O3/c1-4-13(2,18-3)12-15-11(19-16-12)9-7-8(14)5-6-10(9)17/h5-7,17H,4H2,1-3H3. The van der Waals surface area contributed by atoms with Crippen molar-refractivity contribution in [2.75, 3.05) is 7.11 Å². The first-order chi connectivity index (χ1) is 9.00. The van der Waals surface area contributed by atoms with Crippen LogP contribution in [-0.4, -0.2) is 22.4 Å². The second kappa shape index (κ2) is 4.97. The van der Waals surface area contributed by atoms with Gasteiger partial charge in [0.05, 0.1) is 5.56 Å². The Bertz CT molecular complexity index is 579. The highest BCUT2D eigenvalue weighted by Crippen LogP contribution is 2.31. The van der Waals surface area contributed by atoms with Gasteiger partial charge in [-0.25, -0.2) is 4.39 Å². The number of hydrogen-bond donors (Lipinski definition) is 1. The van der Waals surface area contributed by atoms with E-state index in [4.69, 9.17) is 9.26 Å². The largest absolute Gasteiger partial charge is 0.507 e. The van der Waals surface area contributed by atoms with Crippen molar-refractivity contribution in [3.05, 3.63) is 29.8 Å². The fourth-order valence-electron chi connectivity index (χ4n) is 1.62. The Morgan fingerprint density at radius 1 is 1.47 bits per heavy atom. The van der Waals surface area contributed by atoms with E-state index in [9.17, 15) is 9.50 Å². The van der Waals surface area contributed by atoms with Crippen molar-refractivity contribution in [3.63, 3.8) is 0 Å². The zero-order valence-electron chi connectivity index (χ0n) is 11.0. The smallest absolute Gasteiger partial charge is 0.261 e. The van der Waals surface area contributed by atoms with Gasteiger partial charge in [-0.05, 0) is 31.5 Å². The van der Waals surface area contributed by atoms with E-state index < -0.39 is 11.4 Å². The SMILES string of the molecule is CCC(C)(OC)c1noc(-c2cc(F)ccc2O)n1. The van der Waals surface area contributed by atoms with Gasteiger partial charge in [0, 0.05) is 7.11 Å². The van der Waals surface area contributed by atoms with E-state index in [0.717, 1.165) is 12.1 Å². The molecule has 1 atom stereocenters. The van der Waals surface area contributed by atoms with Crippen LogP contribution >= 0.6 is 0 Å². The molecule has 0 spiro atoms. The van der Waals surface area contributed by atoms with Crippen LogP contribution in [0.25, 0.3) is 11.5 Å². The molecule has 0 fully saturated rings.